The number of nitrogens with two attached hydrogens (primary N) is 1. The molecule has 0 unspecified atom stereocenters. The molecule has 0 fully saturated rings. The van der Waals surface area contributed by atoms with Crippen LogP contribution in [-0.4, -0.2) is 12.8 Å². The molecule has 0 aliphatic heterocycles. The number of ketones is 1. The first-order valence-electron chi connectivity index (χ1n) is 6.13. The summed E-state index contributed by atoms with van der Waals surface area (Å²) in [5.74, 6) is 0.901. The second kappa shape index (κ2) is 5.18. The molecule has 0 aliphatic carbocycles. The molecular weight excluding hydrogens is 240 g/mol. The first-order valence-corrected chi connectivity index (χ1v) is 6.13. The summed E-state index contributed by atoms with van der Waals surface area (Å²) in [6.07, 6.45) is 1.69. The van der Waals surface area contributed by atoms with Gasteiger partial charge in [0.25, 0.3) is 0 Å². The van der Waals surface area contributed by atoms with E-state index in [1.165, 1.54) is 6.92 Å². The normalized spacial score (nSPS) is 10.5. The van der Waals surface area contributed by atoms with E-state index >= 15 is 0 Å². The quantitative estimate of drug-likeness (QED) is 0.676. The third-order valence-electron chi connectivity index (χ3n) is 3.23. The Labute approximate surface area is 112 Å². The van der Waals surface area contributed by atoms with Gasteiger partial charge in [-0.2, -0.15) is 0 Å². The van der Waals surface area contributed by atoms with E-state index in [4.69, 9.17) is 10.2 Å². The number of carbonyl (C=O) groups excluding carboxylic acids is 1. The van der Waals surface area contributed by atoms with E-state index in [-0.39, 0.29) is 5.78 Å². The van der Waals surface area contributed by atoms with E-state index in [1.54, 1.807) is 12.3 Å². The van der Waals surface area contributed by atoms with Gasteiger partial charge in [0.05, 0.1) is 6.26 Å². The van der Waals surface area contributed by atoms with Gasteiger partial charge in [0.1, 0.15) is 5.76 Å². The lowest BCUT2D eigenvalue weighted by atomic mass is 10.1. The Kier molecular flexibility index (Phi) is 3.60. The first kappa shape index (κ1) is 13.2. The summed E-state index contributed by atoms with van der Waals surface area (Å²) in [6, 6.07) is 7.46. The van der Waals surface area contributed by atoms with Crippen LogP contribution in [0.1, 0.15) is 28.6 Å². The molecule has 0 bridgehead atoms. The number of hydrogen-bond donors (Lipinski definition) is 1. The van der Waals surface area contributed by atoms with Gasteiger partial charge in [-0.1, -0.05) is 0 Å². The summed E-state index contributed by atoms with van der Waals surface area (Å²) in [4.78, 5) is 13.4. The van der Waals surface area contributed by atoms with Gasteiger partial charge in [-0.05, 0) is 38.1 Å². The van der Waals surface area contributed by atoms with Crippen LogP contribution in [0, 0.1) is 6.92 Å². The highest BCUT2D eigenvalue weighted by Gasteiger charge is 2.10. The van der Waals surface area contributed by atoms with Crippen LogP contribution in [0.4, 0.5) is 11.4 Å². The third-order valence-corrected chi connectivity index (χ3v) is 3.23. The average molecular weight is 258 g/mol. The minimum Gasteiger partial charge on any atom is -0.469 e. The summed E-state index contributed by atoms with van der Waals surface area (Å²) in [6.45, 7) is 4.20. The van der Waals surface area contributed by atoms with E-state index < -0.39 is 0 Å². The van der Waals surface area contributed by atoms with Crippen molar-refractivity contribution in [2.75, 3.05) is 17.7 Å². The van der Waals surface area contributed by atoms with Crippen LogP contribution >= 0.6 is 0 Å². The standard InChI is InChI=1S/C15H18N2O2/c1-10(18)14-5-4-13(8-15(14)16)17(3)9-12-6-7-19-11(12)2/h4-8H,9,16H2,1-3H3. The van der Waals surface area contributed by atoms with Crippen molar-refractivity contribution in [3.63, 3.8) is 0 Å². The third kappa shape index (κ3) is 2.78. The van der Waals surface area contributed by atoms with Crippen LogP contribution in [0.3, 0.4) is 0 Å². The van der Waals surface area contributed by atoms with Gasteiger partial charge in [-0.15, -0.1) is 0 Å². The summed E-state index contributed by atoms with van der Waals surface area (Å²) >= 11 is 0. The van der Waals surface area contributed by atoms with Crippen molar-refractivity contribution in [3.8, 4) is 0 Å². The minimum atomic E-state index is -0.0163. The topological polar surface area (TPSA) is 59.5 Å². The van der Waals surface area contributed by atoms with E-state index in [9.17, 15) is 4.79 Å². The van der Waals surface area contributed by atoms with Crippen LogP contribution in [0.2, 0.25) is 0 Å². The summed E-state index contributed by atoms with van der Waals surface area (Å²) in [5, 5.41) is 0. The van der Waals surface area contributed by atoms with Gasteiger partial charge >= 0.3 is 0 Å². The maximum absolute atomic E-state index is 11.3. The molecule has 2 rings (SSSR count). The van der Waals surface area contributed by atoms with Crippen LogP contribution in [-0.2, 0) is 6.54 Å². The molecule has 0 saturated carbocycles. The summed E-state index contributed by atoms with van der Waals surface area (Å²) < 4.78 is 5.28. The van der Waals surface area contributed by atoms with Gasteiger partial charge < -0.3 is 15.1 Å². The van der Waals surface area contributed by atoms with Crippen LogP contribution in [0.15, 0.2) is 34.9 Å². The number of rotatable bonds is 4. The fraction of sp³-hybridized carbons (Fsp3) is 0.267. The largest absolute Gasteiger partial charge is 0.469 e. The Balaban J connectivity index is 2.20. The van der Waals surface area contributed by atoms with Gasteiger partial charge in [0.15, 0.2) is 5.78 Å². The van der Waals surface area contributed by atoms with E-state index in [0.717, 1.165) is 23.6 Å². The predicted molar refractivity (Wildman–Crippen MR) is 76.4 cm³/mol. The molecule has 0 radical (unpaired) electrons. The van der Waals surface area contributed by atoms with Gasteiger partial charge in [0, 0.05) is 36.1 Å². The number of anilines is 2. The molecule has 1 aromatic carbocycles. The molecule has 1 heterocycles. The number of nitrogen functional groups attached to an aromatic ring is 1. The Morgan fingerprint density at radius 2 is 2.11 bits per heavy atom. The number of aryl methyl sites for hydroxylation is 1. The highest BCUT2D eigenvalue weighted by molar-refractivity contribution is 5.99. The number of nitrogens with zero attached hydrogens (tertiary/aromatic N) is 1. The maximum atomic E-state index is 11.3. The van der Waals surface area contributed by atoms with Crippen LogP contribution in [0.25, 0.3) is 0 Å². The van der Waals surface area contributed by atoms with Crippen molar-refractivity contribution >= 4 is 17.2 Å². The number of Topliss-reactive ketones (excluding diaryl/α,β-unsaturated/α-hetero) is 1. The van der Waals surface area contributed by atoms with Crippen molar-refractivity contribution in [3.05, 3.63) is 47.4 Å². The highest BCUT2D eigenvalue weighted by atomic mass is 16.3. The zero-order valence-electron chi connectivity index (χ0n) is 11.4. The second-order valence-corrected chi connectivity index (χ2v) is 4.69. The van der Waals surface area contributed by atoms with Crippen molar-refractivity contribution in [1.29, 1.82) is 0 Å². The number of hydrogen-bond acceptors (Lipinski definition) is 4. The molecule has 100 valence electrons. The monoisotopic (exact) mass is 258 g/mol. The van der Waals surface area contributed by atoms with E-state index in [2.05, 4.69) is 4.90 Å². The summed E-state index contributed by atoms with van der Waals surface area (Å²) in [7, 11) is 1.98. The molecular formula is C15H18N2O2. The Bertz CT molecular complexity index is 602. The highest BCUT2D eigenvalue weighted by Crippen LogP contribution is 2.23. The van der Waals surface area contributed by atoms with Crippen molar-refractivity contribution in [2.45, 2.75) is 20.4 Å². The van der Waals surface area contributed by atoms with Crippen molar-refractivity contribution in [2.24, 2.45) is 0 Å². The number of furan rings is 1. The first-order chi connectivity index (χ1) is 8.99. The molecule has 19 heavy (non-hydrogen) atoms. The number of benzene rings is 1. The Hall–Kier alpha value is -2.23. The lowest BCUT2D eigenvalue weighted by Crippen LogP contribution is -2.17. The Morgan fingerprint density at radius 3 is 2.63 bits per heavy atom. The van der Waals surface area contributed by atoms with Gasteiger partial charge in [0.2, 0.25) is 0 Å². The SMILES string of the molecule is CC(=O)c1ccc(N(C)Cc2ccoc2C)cc1N. The minimum absolute atomic E-state index is 0.0163. The smallest absolute Gasteiger partial charge is 0.161 e. The van der Waals surface area contributed by atoms with Crippen molar-refractivity contribution < 1.29 is 9.21 Å². The van der Waals surface area contributed by atoms with Gasteiger partial charge in [-0.3, -0.25) is 4.79 Å². The van der Waals surface area contributed by atoms with Crippen molar-refractivity contribution in [1.82, 2.24) is 0 Å². The molecule has 2 N–H and O–H groups in total. The molecule has 0 spiro atoms. The molecule has 2 aromatic rings. The van der Waals surface area contributed by atoms with E-state index in [1.807, 2.05) is 32.2 Å². The summed E-state index contributed by atoms with van der Waals surface area (Å²) in [5.41, 5.74) is 9.09. The zero-order chi connectivity index (χ0) is 14.0. The molecule has 0 saturated heterocycles. The fourth-order valence-corrected chi connectivity index (χ4v) is 2.03. The fourth-order valence-electron chi connectivity index (χ4n) is 2.03. The van der Waals surface area contributed by atoms with E-state index in [0.29, 0.717) is 11.3 Å². The molecule has 1 aromatic heterocycles. The predicted octanol–water partition coefficient (Wildman–Crippen LogP) is 3.01. The Morgan fingerprint density at radius 1 is 1.37 bits per heavy atom. The molecule has 0 atom stereocenters. The molecule has 0 aliphatic rings. The molecule has 4 heteroatoms. The van der Waals surface area contributed by atoms with Crippen LogP contribution < -0.4 is 10.6 Å². The number of carbonyl (C=O) groups is 1. The zero-order valence-corrected chi connectivity index (χ0v) is 11.4. The van der Waals surface area contributed by atoms with Gasteiger partial charge in [-0.25, -0.2) is 0 Å². The lowest BCUT2D eigenvalue weighted by Gasteiger charge is -2.20. The molecule has 4 nitrogen and oxygen atoms in total. The lowest BCUT2D eigenvalue weighted by molar-refractivity contribution is 0.101. The average Bonchev–Trinajstić information content (AvgIpc) is 2.74. The molecule has 0 amide bonds. The second-order valence-electron chi connectivity index (χ2n) is 4.69. The maximum Gasteiger partial charge on any atom is 0.161 e. The van der Waals surface area contributed by atoms with Crippen LogP contribution in [0.5, 0.6) is 0 Å².